The molecule has 2 aromatic heterocycles. The summed E-state index contributed by atoms with van der Waals surface area (Å²) in [6.07, 6.45) is 2.74. The molecule has 0 aliphatic rings. The van der Waals surface area contributed by atoms with Gasteiger partial charge in [0, 0.05) is 18.7 Å². The number of rotatable bonds is 1. The predicted molar refractivity (Wildman–Crippen MR) is 67.7 cm³/mol. The molecule has 3 nitrogen and oxygen atoms in total. The highest BCUT2D eigenvalue weighted by Gasteiger charge is 2.17. The number of hydrogen-bond donors (Lipinski definition) is 1. The van der Waals surface area contributed by atoms with Gasteiger partial charge in [-0.1, -0.05) is 20.8 Å². The second kappa shape index (κ2) is 3.77. The predicted octanol–water partition coefficient (Wildman–Crippen LogP) is 3.39. The third kappa shape index (κ3) is 2.21. The summed E-state index contributed by atoms with van der Waals surface area (Å²) in [4.78, 5) is 4.48. The minimum Gasteiger partial charge on any atom is -0.508 e. The molecule has 4 heteroatoms. The smallest absolute Gasteiger partial charge is 0.132 e. The van der Waals surface area contributed by atoms with Gasteiger partial charge in [0.2, 0.25) is 0 Å². The highest BCUT2D eigenvalue weighted by Crippen LogP contribution is 2.26. The molecule has 0 unspecified atom stereocenters. The van der Waals surface area contributed by atoms with Crippen molar-refractivity contribution in [3.63, 3.8) is 0 Å². The van der Waals surface area contributed by atoms with Crippen LogP contribution in [0.2, 0.25) is 0 Å². The molecule has 0 saturated heterocycles. The van der Waals surface area contributed by atoms with Gasteiger partial charge in [0.1, 0.15) is 16.2 Å². The van der Waals surface area contributed by atoms with Crippen LogP contribution in [-0.2, 0) is 6.42 Å². The van der Waals surface area contributed by atoms with E-state index in [-0.39, 0.29) is 11.2 Å². The summed E-state index contributed by atoms with van der Waals surface area (Å²) in [5.74, 6) is 1.27. The van der Waals surface area contributed by atoms with E-state index in [1.165, 1.54) is 0 Å². The Hall–Kier alpha value is -1.03. The van der Waals surface area contributed by atoms with E-state index in [2.05, 4.69) is 41.7 Å². The van der Waals surface area contributed by atoms with Crippen molar-refractivity contribution >= 4 is 21.4 Å². The molecular formula is C12H15BrN2O. The summed E-state index contributed by atoms with van der Waals surface area (Å²) in [6, 6.07) is 3.39. The van der Waals surface area contributed by atoms with E-state index < -0.39 is 0 Å². The fourth-order valence-electron chi connectivity index (χ4n) is 1.70. The van der Waals surface area contributed by atoms with Gasteiger partial charge in [-0.05, 0) is 27.4 Å². The van der Waals surface area contributed by atoms with Crippen LogP contribution < -0.4 is 0 Å². The Bertz CT molecular complexity index is 526. The average Bonchev–Trinajstić information content (AvgIpc) is 2.40. The van der Waals surface area contributed by atoms with Gasteiger partial charge < -0.3 is 9.51 Å². The zero-order chi connectivity index (χ0) is 11.9. The van der Waals surface area contributed by atoms with Crippen LogP contribution in [0.15, 0.2) is 22.9 Å². The minimum absolute atomic E-state index is 0.193. The quantitative estimate of drug-likeness (QED) is 0.871. The number of aromatic nitrogens is 2. The second-order valence-corrected chi connectivity index (χ2v) is 5.95. The molecule has 0 spiro atoms. The molecule has 0 aliphatic carbocycles. The highest BCUT2D eigenvalue weighted by atomic mass is 79.9. The van der Waals surface area contributed by atoms with Crippen LogP contribution in [-0.4, -0.2) is 14.5 Å². The van der Waals surface area contributed by atoms with Crippen LogP contribution in [0, 0.1) is 5.41 Å². The molecular weight excluding hydrogens is 268 g/mol. The van der Waals surface area contributed by atoms with E-state index in [0.29, 0.717) is 0 Å². The molecule has 2 aromatic rings. The first-order valence-corrected chi connectivity index (χ1v) is 6.01. The number of halogens is 1. The lowest BCUT2D eigenvalue weighted by Gasteiger charge is -2.16. The molecule has 0 aromatic carbocycles. The van der Waals surface area contributed by atoms with Crippen molar-refractivity contribution in [3.8, 4) is 5.75 Å². The molecule has 0 amide bonds. The van der Waals surface area contributed by atoms with Crippen molar-refractivity contribution in [2.45, 2.75) is 27.2 Å². The molecule has 86 valence electrons. The molecule has 0 aliphatic heterocycles. The van der Waals surface area contributed by atoms with Gasteiger partial charge >= 0.3 is 0 Å². The molecule has 0 bridgehead atoms. The molecule has 2 heterocycles. The van der Waals surface area contributed by atoms with Crippen molar-refractivity contribution in [2.24, 2.45) is 5.41 Å². The summed E-state index contributed by atoms with van der Waals surface area (Å²) >= 11 is 3.42. The Morgan fingerprint density at radius 3 is 2.75 bits per heavy atom. The summed E-state index contributed by atoms with van der Waals surface area (Å²) in [5, 5.41) is 9.43. The molecule has 0 radical (unpaired) electrons. The highest BCUT2D eigenvalue weighted by molar-refractivity contribution is 9.10. The van der Waals surface area contributed by atoms with Crippen molar-refractivity contribution in [1.29, 1.82) is 0 Å². The van der Waals surface area contributed by atoms with E-state index in [1.54, 1.807) is 12.1 Å². The Labute approximate surface area is 103 Å². The van der Waals surface area contributed by atoms with Gasteiger partial charge in [-0.3, -0.25) is 0 Å². The zero-order valence-electron chi connectivity index (χ0n) is 9.66. The fourth-order valence-corrected chi connectivity index (χ4v) is 2.21. The molecule has 2 rings (SSSR count). The summed E-state index contributed by atoms with van der Waals surface area (Å²) in [6.45, 7) is 6.55. The lowest BCUT2D eigenvalue weighted by molar-refractivity contribution is 0.400. The average molecular weight is 283 g/mol. The summed E-state index contributed by atoms with van der Waals surface area (Å²) < 4.78 is 2.79. The van der Waals surface area contributed by atoms with Gasteiger partial charge in [0.15, 0.2) is 0 Å². The standard InChI is InChI=1S/C12H15BrN2O/c1-12(2,3)7-10-14-11(13)9-6-8(16)4-5-15(9)10/h4-6,16H,7H2,1-3H3. The number of nitrogens with zero attached hydrogens (tertiary/aromatic N) is 2. The third-order valence-corrected chi connectivity index (χ3v) is 2.93. The first-order valence-electron chi connectivity index (χ1n) is 5.22. The van der Waals surface area contributed by atoms with E-state index in [1.807, 2.05) is 10.6 Å². The van der Waals surface area contributed by atoms with Crippen LogP contribution in [0.1, 0.15) is 26.6 Å². The zero-order valence-corrected chi connectivity index (χ0v) is 11.2. The molecule has 1 N–H and O–H groups in total. The van der Waals surface area contributed by atoms with Gasteiger partial charge in [0.05, 0.1) is 5.52 Å². The normalized spacial score (nSPS) is 12.2. The van der Waals surface area contributed by atoms with Crippen molar-refractivity contribution in [2.75, 3.05) is 0 Å². The lowest BCUT2D eigenvalue weighted by Crippen LogP contribution is -2.11. The van der Waals surface area contributed by atoms with Crippen molar-refractivity contribution in [1.82, 2.24) is 9.38 Å². The Balaban J connectivity index is 2.55. The third-order valence-electron chi connectivity index (χ3n) is 2.34. The van der Waals surface area contributed by atoms with Crippen LogP contribution in [0.25, 0.3) is 5.52 Å². The van der Waals surface area contributed by atoms with Crippen LogP contribution in [0.3, 0.4) is 0 Å². The Kier molecular flexibility index (Phi) is 2.70. The Morgan fingerprint density at radius 1 is 1.44 bits per heavy atom. The van der Waals surface area contributed by atoms with E-state index in [9.17, 15) is 5.11 Å². The maximum Gasteiger partial charge on any atom is 0.132 e. The minimum atomic E-state index is 0.193. The van der Waals surface area contributed by atoms with E-state index in [4.69, 9.17) is 0 Å². The molecule has 0 atom stereocenters. The first kappa shape index (κ1) is 11.5. The van der Waals surface area contributed by atoms with Crippen molar-refractivity contribution < 1.29 is 5.11 Å². The molecule has 0 saturated carbocycles. The topological polar surface area (TPSA) is 37.5 Å². The first-order chi connectivity index (χ1) is 7.37. The monoisotopic (exact) mass is 282 g/mol. The Morgan fingerprint density at radius 2 is 2.12 bits per heavy atom. The number of imidazole rings is 1. The summed E-state index contributed by atoms with van der Waals surface area (Å²) in [5.41, 5.74) is 1.10. The van der Waals surface area contributed by atoms with Gasteiger partial charge in [-0.25, -0.2) is 4.98 Å². The van der Waals surface area contributed by atoms with Gasteiger partial charge in [-0.15, -0.1) is 0 Å². The summed E-state index contributed by atoms with van der Waals surface area (Å²) in [7, 11) is 0. The van der Waals surface area contributed by atoms with E-state index in [0.717, 1.165) is 22.4 Å². The molecule has 16 heavy (non-hydrogen) atoms. The number of hydrogen-bond acceptors (Lipinski definition) is 2. The SMILES string of the molecule is CC(C)(C)Cc1nc(Br)c2cc(O)ccn12. The number of aromatic hydroxyl groups is 1. The number of pyridine rings is 1. The van der Waals surface area contributed by atoms with E-state index >= 15 is 0 Å². The maximum atomic E-state index is 9.43. The van der Waals surface area contributed by atoms with Crippen LogP contribution >= 0.6 is 15.9 Å². The number of fused-ring (bicyclic) bond motifs is 1. The van der Waals surface area contributed by atoms with Crippen molar-refractivity contribution in [3.05, 3.63) is 28.8 Å². The van der Waals surface area contributed by atoms with Gasteiger partial charge in [-0.2, -0.15) is 0 Å². The largest absolute Gasteiger partial charge is 0.508 e. The maximum absolute atomic E-state index is 9.43. The van der Waals surface area contributed by atoms with Gasteiger partial charge in [0.25, 0.3) is 0 Å². The van der Waals surface area contributed by atoms with Crippen LogP contribution in [0.5, 0.6) is 5.75 Å². The fraction of sp³-hybridized carbons (Fsp3) is 0.417. The second-order valence-electron chi connectivity index (χ2n) is 5.20. The van der Waals surface area contributed by atoms with Crippen LogP contribution in [0.4, 0.5) is 0 Å². The lowest BCUT2D eigenvalue weighted by atomic mass is 9.92. The molecule has 0 fully saturated rings.